The molecule has 0 saturated carbocycles. The first-order valence-electron chi connectivity index (χ1n) is 8.94. The summed E-state index contributed by atoms with van der Waals surface area (Å²) >= 11 is 12.7. The van der Waals surface area contributed by atoms with Gasteiger partial charge in [0.15, 0.2) is 0 Å². The summed E-state index contributed by atoms with van der Waals surface area (Å²) in [5.74, 6) is 2.15. The summed E-state index contributed by atoms with van der Waals surface area (Å²) in [7, 11) is 3.29. The normalized spacial score (nSPS) is 10.8. The molecule has 0 aliphatic carbocycles. The van der Waals surface area contributed by atoms with Crippen LogP contribution >= 0.6 is 23.2 Å². The lowest BCUT2D eigenvalue weighted by Crippen LogP contribution is -1.88. The zero-order valence-electron chi connectivity index (χ0n) is 15.9. The lowest BCUT2D eigenvalue weighted by molar-refractivity contribution is 0.415. The fraction of sp³-hybridized carbons (Fsp3) is 0.0870. The highest BCUT2D eigenvalue weighted by molar-refractivity contribution is 6.43. The molecule has 0 aliphatic heterocycles. The smallest absolute Gasteiger partial charge is 0.140 e. The Morgan fingerprint density at radius 2 is 1.41 bits per heavy atom. The van der Waals surface area contributed by atoms with Crippen LogP contribution in [0.2, 0.25) is 10.0 Å². The average molecular weight is 425 g/mol. The molecule has 3 aromatic carbocycles. The van der Waals surface area contributed by atoms with Crippen LogP contribution in [0.4, 0.5) is 0 Å². The third kappa shape index (κ3) is 3.82. The van der Waals surface area contributed by atoms with E-state index in [1.54, 1.807) is 20.3 Å². The van der Waals surface area contributed by atoms with Crippen LogP contribution in [-0.2, 0) is 0 Å². The number of nitrogens with zero attached hydrogens (tertiary/aromatic N) is 1. The van der Waals surface area contributed by atoms with E-state index in [-0.39, 0.29) is 0 Å². The Morgan fingerprint density at radius 1 is 0.793 bits per heavy atom. The van der Waals surface area contributed by atoms with E-state index in [1.165, 1.54) is 0 Å². The fourth-order valence-electron chi connectivity index (χ4n) is 3.15. The predicted molar refractivity (Wildman–Crippen MR) is 118 cm³/mol. The molecular formula is C23H18Cl2N2O2. The number of halogens is 2. The molecule has 6 heteroatoms. The van der Waals surface area contributed by atoms with Gasteiger partial charge in [0.1, 0.15) is 17.3 Å². The molecule has 29 heavy (non-hydrogen) atoms. The molecule has 0 spiro atoms. The van der Waals surface area contributed by atoms with Gasteiger partial charge in [-0.25, -0.2) is 4.98 Å². The monoisotopic (exact) mass is 424 g/mol. The highest BCUT2D eigenvalue weighted by Crippen LogP contribution is 2.38. The van der Waals surface area contributed by atoms with Gasteiger partial charge in [-0.3, -0.25) is 0 Å². The van der Waals surface area contributed by atoms with Crippen LogP contribution in [0.5, 0.6) is 11.5 Å². The van der Waals surface area contributed by atoms with Crippen LogP contribution in [0.3, 0.4) is 0 Å². The molecule has 1 N–H and O–H groups in total. The molecule has 0 atom stereocenters. The van der Waals surface area contributed by atoms with Crippen LogP contribution in [0.1, 0.15) is 0 Å². The molecule has 0 amide bonds. The van der Waals surface area contributed by atoms with Crippen molar-refractivity contribution in [1.82, 2.24) is 9.97 Å². The van der Waals surface area contributed by atoms with Gasteiger partial charge in [0.2, 0.25) is 0 Å². The molecule has 0 unspecified atom stereocenters. The third-order valence-electron chi connectivity index (χ3n) is 4.61. The molecule has 146 valence electrons. The SMILES string of the molecule is COc1cccc(-c2nc(-c3cccc(Cl)c3Cl)[nH]c2-c2cccc(OC)c2)c1. The van der Waals surface area contributed by atoms with E-state index in [9.17, 15) is 0 Å². The predicted octanol–water partition coefficient (Wildman–Crippen LogP) is 6.73. The summed E-state index contributed by atoms with van der Waals surface area (Å²) < 4.78 is 10.8. The fourth-order valence-corrected chi connectivity index (χ4v) is 3.54. The Hall–Kier alpha value is -2.95. The number of benzene rings is 3. The summed E-state index contributed by atoms with van der Waals surface area (Å²) in [6.07, 6.45) is 0. The van der Waals surface area contributed by atoms with Gasteiger partial charge in [-0.05, 0) is 36.4 Å². The quantitative estimate of drug-likeness (QED) is 0.386. The zero-order chi connectivity index (χ0) is 20.4. The Balaban J connectivity index is 1.94. The van der Waals surface area contributed by atoms with E-state index in [0.29, 0.717) is 15.9 Å². The summed E-state index contributed by atoms with van der Waals surface area (Å²) in [5.41, 5.74) is 4.23. The lowest BCUT2D eigenvalue weighted by Gasteiger charge is -2.07. The number of imidazole rings is 1. The van der Waals surface area contributed by atoms with E-state index >= 15 is 0 Å². The first kappa shape index (κ1) is 19.4. The van der Waals surface area contributed by atoms with Crippen LogP contribution in [-0.4, -0.2) is 24.2 Å². The molecule has 4 aromatic rings. The van der Waals surface area contributed by atoms with Crippen molar-refractivity contribution in [3.05, 3.63) is 76.8 Å². The van der Waals surface area contributed by atoms with Crippen molar-refractivity contribution in [3.8, 4) is 45.4 Å². The van der Waals surface area contributed by atoms with Crippen molar-refractivity contribution < 1.29 is 9.47 Å². The van der Waals surface area contributed by atoms with Gasteiger partial charge in [-0.1, -0.05) is 53.5 Å². The number of hydrogen-bond acceptors (Lipinski definition) is 3. The largest absolute Gasteiger partial charge is 0.497 e. The summed E-state index contributed by atoms with van der Waals surface area (Å²) in [6, 6.07) is 21.1. The molecule has 0 aliphatic rings. The number of aromatic nitrogens is 2. The maximum absolute atomic E-state index is 6.44. The van der Waals surface area contributed by atoms with Gasteiger partial charge in [-0.2, -0.15) is 0 Å². The van der Waals surface area contributed by atoms with Crippen molar-refractivity contribution in [1.29, 1.82) is 0 Å². The van der Waals surface area contributed by atoms with E-state index in [1.807, 2.05) is 60.7 Å². The number of nitrogens with one attached hydrogen (secondary N) is 1. The minimum atomic E-state index is 0.456. The van der Waals surface area contributed by atoms with Gasteiger partial charge in [0, 0.05) is 16.7 Å². The molecule has 0 saturated heterocycles. The van der Waals surface area contributed by atoms with Gasteiger partial charge in [-0.15, -0.1) is 0 Å². The Bertz CT molecular complexity index is 1110. The van der Waals surface area contributed by atoms with Crippen molar-refractivity contribution >= 4 is 23.2 Å². The maximum atomic E-state index is 6.44. The van der Waals surface area contributed by atoms with Crippen molar-refractivity contribution in [2.45, 2.75) is 0 Å². The van der Waals surface area contributed by atoms with Gasteiger partial charge in [0.25, 0.3) is 0 Å². The minimum absolute atomic E-state index is 0.456. The molecule has 4 nitrogen and oxygen atoms in total. The number of ether oxygens (including phenoxy) is 2. The number of rotatable bonds is 5. The maximum Gasteiger partial charge on any atom is 0.140 e. The molecule has 0 bridgehead atoms. The summed E-state index contributed by atoms with van der Waals surface area (Å²) in [5, 5.41) is 0.934. The Labute approximate surface area is 179 Å². The van der Waals surface area contributed by atoms with E-state index in [0.717, 1.165) is 39.6 Å². The average Bonchev–Trinajstić information content (AvgIpc) is 3.21. The third-order valence-corrected chi connectivity index (χ3v) is 5.43. The highest BCUT2D eigenvalue weighted by atomic mass is 35.5. The molecular weight excluding hydrogens is 407 g/mol. The second-order valence-corrected chi connectivity index (χ2v) is 7.16. The molecule has 1 heterocycles. The van der Waals surface area contributed by atoms with E-state index < -0.39 is 0 Å². The first-order chi connectivity index (χ1) is 14.1. The molecule has 0 radical (unpaired) electrons. The molecule has 0 fully saturated rings. The molecule has 1 aromatic heterocycles. The van der Waals surface area contributed by atoms with Crippen molar-refractivity contribution in [3.63, 3.8) is 0 Å². The van der Waals surface area contributed by atoms with Crippen LogP contribution in [0, 0.1) is 0 Å². The Morgan fingerprint density at radius 3 is 2.10 bits per heavy atom. The van der Waals surface area contributed by atoms with Crippen molar-refractivity contribution in [2.75, 3.05) is 14.2 Å². The van der Waals surface area contributed by atoms with Crippen LogP contribution in [0.25, 0.3) is 33.9 Å². The lowest BCUT2D eigenvalue weighted by atomic mass is 10.0. The topological polar surface area (TPSA) is 47.1 Å². The second kappa shape index (κ2) is 8.19. The van der Waals surface area contributed by atoms with E-state index in [2.05, 4.69) is 4.98 Å². The van der Waals surface area contributed by atoms with Crippen molar-refractivity contribution in [2.24, 2.45) is 0 Å². The summed E-state index contributed by atoms with van der Waals surface area (Å²) in [6.45, 7) is 0. The van der Waals surface area contributed by atoms with Gasteiger partial charge < -0.3 is 14.5 Å². The Kier molecular flexibility index (Phi) is 5.47. The number of aromatic amines is 1. The first-order valence-corrected chi connectivity index (χ1v) is 9.69. The second-order valence-electron chi connectivity index (χ2n) is 6.37. The van der Waals surface area contributed by atoms with Gasteiger partial charge >= 0.3 is 0 Å². The standard InChI is InChI=1S/C23H18Cl2N2O2/c1-28-16-8-3-6-14(12-16)21-22(15-7-4-9-17(13-15)29-2)27-23(26-21)18-10-5-11-19(24)20(18)25/h3-13H,1-2H3,(H,26,27). The minimum Gasteiger partial charge on any atom is -0.497 e. The van der Waals surface area contributed by atoms with E-state index in [4.69, 9.17) is 37.7 Å². The van der Waals surface area contributed by atoms with Crippen LogP contribution < -0.4 is 9.47 Å². The van der Waals surface area contributed by atoms with Crippen LogP contribution in [0.15, 0.2) is 66.7 Å². The van der Waals surface area contributed by atoms with Gasteiger partial charge in [0.05, 0.1) is 35.7 Å². The zero-order valence-corrected chi connectivity index (χ0v) is 17.4. The number of H-pyrrole nitrogens is 1. The highest BCUT2D eigenvalue weighted by Gasteiger charge is 2.18. The number of hydrogen-bond donors (Lipinski definition) is 1. The summed E-state index contributed by atoms with van der Waals surface area (Å²) in [4.78, 5) is 8.28. The molecule has 4 rings (SSSR count). The number of methoxy groups -OCH3 is 2.